The Balaban J connectivity index is 1.51. The zero-order valence-corrected chi connectivity index (χ0v) is 17.2. The van der Waals surface area contributed by atoms with Crippen molar-refractivity contribution >= 4 is 17.2 Å². The van der Waals surface area contributed by atoms with E-state index in [1.54, 1.807) is 13.4 Å². The molecule has 3 aromatic rings. The van der Waals surface area contributed by atoms with Crippen molar-refractivity contribution in [1.82, 2.24) is 14.9 Å². The fraction of sp³-hybridized carbons (Fsp3) is 0.250. The summed E-state index contributed by atoms with van der Waals surface area (Å²) >= 11 is 0. The van der Waals surface area contributed by atoms with Crippen LogP contribution in [0.3, 0.4) is 0 Å². The predicted octanol–water partition coefficient (Wildman–Crippen LogP) is 3.73. The molecule has 1 N–H and O–H groups in total. The molecule has 0 atom stereocenters. The molecule has 5 rings (SSSR count). The maximum absolute atomic E-state index is 13.4. The Bertz CT molecular complexity index is 1160. The summed E-state index contributed by atoms with van der Waals surface area (Å²) in [4.78, 5) is 19.6. The van der Waals surface area contributed by atoms with Gasteiger partial charge in [0.05, 0.1) is 36.9 Å². The van der Waals surface area contributed by atoms with Crippen molar-refractivity contribution < 1.29 is 9.53 Å². The van der Waals surface area contributed by atoms with E-state index in [0.717, 1.165) is 53.3 Å². The Kier molecular flexibility index (Phi) is 4.64. The van der Waals surface area contributed by atoms with E-state index in [4.69, 9.17) is 4.74 Å². The molecule has 1 aromatic heterocycles. The van der Waals surface area contributed by atoms with Gasteiger partial charge in [0.25, 0.3) is 5.91 Å². The number of aryl methyl sites for hydroxylation is 1. The summed E-state index contributed by atoms with van der Waals surface area (Å²) in [6.07, 6.45) is 6.85. The van der Waals surface area contributed by atoms with E-state index < -0.39 is 0 Å². The number of anilines is 1. The van der Waals surface area contributed by atoms with E-state index in [1.807, 2.05) is 40.8 Å². The number of ether oxygens (including phenoxy) is 1. The average molecular weight is 400 g/mol. The number of carbonyl (C=O) groups excluding carboxylic acids is 1. The third kappa shape index (κ3) is 3.09. The largest absolute Gasteiger partial charge is 0.494 e. The minimum atomic E-state index is 0.0494. The van der Waals surface area contributed by atoms with Crippen molar-refractivity contribution in [3.05, 3.63) is 77.4 Å². The molecule has 2 aliphatic heterocycles. The number of aromatic nitrogens is 2. The molecule has 0 radical (unpaired) electrons. The van der Waals surface area contributed by atoms with Gasteiger partial charge in [-0.15, -0.1) is 0 Å². The maximum Gasteiger partial charge on any atom is 0.259 e. The zero-order valence-electron chi connectivity index (χ0n) is 17.2. The Morgan fingerprint density at radius 1 is 1.20 bits per heavy atom. The van der Waals surface area contributed by atoms with Crippen LogP contribution in [0.25, 0.3) is 11.3 Å². The molecule has 152 valence electrons. The van der Waals surface area contributed by atoms with Crippen LogP contribution >= 0.6 is 0 Å². The minimum absolute atomic E-state index is 0.0494. The van der Waals surface area contributed by atoms with Gasteiger partial charge in [-0.05, 0) is 48.7 Å². The van der Waals surface area contributed by atoms with Crippen molar-refractivity contribution in [1.29, 1.82) is 0 Å². The van der Waals surface area contributed by atoms with Gasteiger partial charge in [-0.1, -0.05) is 24.3 Å². The highest BCUT2D eigenvalue weighted by molar-refractivity contribution is 6.13. The van der Waals surface area contributed by atoms with Crippen LogP contribution in [-0.4, -0.2) is 35.7 Å². The van der Waals surface area contributed by atoms with Gasteiger partial charge in [-0.2, -0.15) is 0 Å². The third-order valence-corrected chi connectivity index (χ3v) is 5.81. The SMILES string of the molecule is COc1cc(N2Cc3cccc(C4=CCNCC4)c3C2=O)ccc1-n1cnc(C)c1. The molecular formula is C24H24N4O2. The van der Waals surface area contributed by atoms with Crippen molar-refractivity contribution in [2.45, 2.75) is 19.9 Å². The molecule has 0 unspecified atom stereocenters. The van der Waals surface area contributed by atoms with Crippen LogP contribution in [-0.2, 0) is 6.54 Å². The van der Waals surface area contributed by atoms with Gasteiger partial charge in [0.15, 0.2) is 0 Å². The number of nitrogens with one attached hydrogen (secondary N) is 1. The lowest BCUT2D eigenvalue weighted by atomic mass is 9.93. The van der Waals surface area contributed by atoms with E-state index >= 15 is 0 Å². The molecule has 0 bridgehead atoms. The number of fused-ring (bicyclic) bond motifs is 1. The van der Waals surface area contributed by atoms with Gasteiger partial charge in [0, 0.05) is 24.5 Å². The fourth-order valence-electron chi connectivity index (χ4n) is 4.31. The molecule has 2 aliphatic rings. The summed E-state index contributed by atoms with van der Waals surface area (Å²) < 4.78 is 7.57. The highest BCUT2D eigenvalue weighted by Crippen LogP contribution is 2.36. The molecule has 1 amide bonds. The lowest BCUT2D eigenvalue weighted by Crippen LogP contribution is -2.24. The second-order valence-corrected chi connectivity index (χ2v) is 7.69. The molecule has 0 fully saturated rings. The average Bonchev–Trinajstić information content (AvgIpc) is 3.37. The first-order chi connectivity index (χ1) is 14.7. The second kappa shape index (κ2) is 7.46. The van der Waals surface area contributed by atoms with Crippen LogP contribution in [0.1, 0.15) is 33.6 Å². The summed E-state index contributed by atoms with van der Waals surface area (Å²) in [6.45, 7) is 4.32. The highest BCUT2D eigenvalue weighted by atomic mass is 16.5. The number of nitrogens with zero attached hydrogens (tertiary/aromatic N) is 3. The van der Waals surface area contributed by atoms with Crippen molar-refractivity contribution in [3.8, 4) is 11.4 Å². The summed E-state index contributed by atoms with van der Waals surface area (Å²) in [6, 6.07) is 12.1. The smallest absolute Gasteiger partial charge is 0.259 e. The summed E-state index contributed by atoms with van der Waals surface area (Å²) in [5, 5.41) is 3.34. The first-order valence-corrected chi connectivity index (χ1v) is 10.2. The Hall–Kier alpha value is -3.38. The zero-order chi connectivity index (χ0) is 20.7. The van der Waals surface area contributed by atoms with Crippen molar-refractivity contribution in [2.24, 2.45) is 0 Å². The molecule has 0 saturated carbocycles. The van der Waals surface area contributed by atoms with Crippen LogP contribution in [0.15, 0.2) is 55.0 Å². The lowest BCUT2D eigenvalue weighted by Gasteiger charge is -2.19. The van der Waals surface area contributed by atoms with Crippen molar-refractivity contribution in [2.75, 3.05) is 25.1 Å². The monoisotopic (exact) mass is 400 g/mol. The maximum atomic E-state index is 13.4. The van der Waals surface area contributed by atoms with E-state index in [1.165, 1.54) is 5.57 Å². The van der Waals surface area contributed by atoms with Gasteiger partial charge in [0.1, 0.15) is 5.75 Å². The van der Waals surface area contributed by atoms with Crippen LogP contribution in [0.4, 0.5) is 5.69 Å². The van der Waals surface area contributed by atoms with Gasteiger partial charge in [-0.3, -0.25) is 4.79 Å². The molecule has 30 heavy (non-hydrogen) atoms. The number of carbonyl (C=O) groups is 1. The number of amides is 1. The van der Waals surface area contributed by atoms with E-state index in [2.05, 4.69) is 34.6 Å². The predicted molar refractivity (Wildman–Crippen MR) is 117 cm³/mol. The van der Waals surface area contributed by atoms with Crippen LogP contribution in [0.5, 0.6) is 5.75 Å². The van der Waals surface area contributed by atoms with Gasteiger partial charge < -0.3 is 19.5 Å². The Labute approximate surface area is 175 Å². The minimum Gasteiger partial charge on any atom is -0.494 e. The molecule has 6 nitrogen and oxygen atoms in total. The molecule has 6 heteroatoms. The van der Waals surface area contributed by atoms with Gasteiger partial charge in [0.2, 0.25) is 0 Å². The number of benzene rings is 2. The summed E-state index contributed by atoms with van der Waals surface area (Å²) in [5.41, 5.74) is 6.89. The number of hydrogen-bond donors (Lipinski definition) is 1. The van der Waals surface area contributed by atoms with E-state index in [-0.39, 0.29) is 5.91 Å². The van der Waals surface area contributed by atoms with Crippen LogP contribution < -0.4 is 15.0 Å². The number of hydrogen-bond acceptors (Lipinski definition) is 4. The number of methoxy groups -OCH3 is 1. The number of imidazole rings is 1. The summed E-state index contributed by atoms with van der Waals surface area (Å²) in [5.74, 6) is 0.753. The molecular weight excluding hydrogens is 376 g/mol. The molecule has 2 aromatic carbocycles. The lowest BCUT2D eigenvalue weighted by molar-refractivity contribution is 0.0996. The van der Waals surface area contributed by atoms with E-state index in [9.17, 15) is 4.79 Å². The number of rotatable bonds is 4. The molecule has 3 heterocycles. The third-order valence-electron chi connectivity index (χ3n) is 5.81. The first kappa shape index (κ1) is 18.6. The highest BCUT2D eigenvalue weighted by Gasteiger charge is 2.32. The Morgan fingerprint density at radius 2 is 2.10 bits per heavy atom. The first-order valence-electron chi connectivity index (χ1n) is 10.2. The molecule has 0 spiro atoms. The standard InChI is InChI=1S/C24H24N4O2/c1-16-13-27(15-26-16)21-7-6-19(12-22(21)30-2)28-14-18-4-3-5-20(23(18)24(28)29)17-8-10-25-11-9-17/h3-8,12-13,15,25H,9-11,14H2,1-2H3. The second-order valence-electron chi connectivity index (χ2n) is 7.69. The topological polar surface area (TPSA) is 59.4 Å². The fourth-order valence-corrected chi connectivity index (χ4v) is 4.31. The normalized spacial score (nSPS) is 15.9. The van der Waals surface area contributed by atoms with Crippen molar-refractivity contribution in [3.63, 3.8) is 0 Å². The quantitative estimate of drug-likeness (QED) is 0.725. The van der Waals surface area contributed by atoms with E-state index in [0.29, 0.717) is 12.3 Å². The van der Waals surface area contributed by atoms with Gasteiger partial charge >= 0.3 is 0 Å². The molecule has 0 saturated heterocycles. The van der Waals surface area contributed by atoms with Crippen LogP contribution in [0, 0.1) is 6.92 Å². The van der Waals surface area contributed by atoms with Gasteiger partial charge in [-0.25, -0.2) is 4.98 Å². The van der Waals surface area contributed by atoms with Crippen LogP contribution in [0.2, 0.25) is 0 Å². The summed E-state index contributed by atoms with van der Waals surface area (Å²) in [7, 11) is 1.65. The Morgan fingerprint density at radius 3 is 2.83 bits per heavy atom. The molecule has 0 aliphatic carbocycles.